The first-order valence-corrected chi connectivity index (χ1v) is 5.65. The van der Waals surface area contributed by atoms with Crippen LogP contribution in [0.5, 0.6) is 0 Å². The first-order chi connectivity index (χ1) is 6.69. The Bertz CT molecular complexity index is 149. The number of nitrogens with two attached hydrogens (primary N) is 1. The van der Waals surface area contributed by atoms with Crippen molar-refractivity contribution in [3.63, 3.8) is 0 Å². The molecule has 0 aromatic carbocycles. The Kier molecular flexibility index (Phi) is 4.85. The summed E-state index contributed by atoms with van der Waals surface area (Å²) >= 11 is 0. The third-order valence-corrected chi connectivity index (χ3v) is 3.64. The Hall–Kier alpha value is -0.120. The first kappa shape index (κ1) is 12.0. The van der Waals surface area contributed by atoms with Crippen molar-refractivity contribution in [2.75, 3.05) is 6.61 Å². The second kappa shape index (κ2) is 5.69. The van der Waals surface area contributed by atoms with Crippen molar-refractivity contribution in [1.82, 2.24) is 0 Å². The minimum absolute atomic E-state index is 0.0491. The molecule has 1 aliphatic rings. The molecule has 0 aliphatic heterocycles. The van der Waals surface area contributed by atoms with Gasteiger partial charge < -0.3 is 5.11 Å². The van der Waals surface area contributed by atoms with Crippen LogP contribution in [0.25, 0.3) is 0 Å². The van der Waals surface area contributed by atoms with E-state index in [9.17, 15) is 0 Å². The van der Waals surface area contributed by atoms with E-state index in [2.05, 4.69) is 13.8 Å². The van der Waals surface area contributed by atoms with E-state index in [4.69, 9.17) is 15.8 Å². The fourth-order valence-corrected chi connectivity index (χ4v) is 2.49. The SMILES string of the molecule is CC(C)C1CCC(C(CO)ON)CC1. The number of aliphatic hydroxyl groups excluding tert-OH is 1. The molecule has 1 atom stereocenters. The van der Waals surface area contributed by atoms with E-state index in [0.29, 0.717) is 5.92 Å². The van der Waals surface area contributed by atoms with Crippen molar-refractivity contribution in [2.45, 2.75) is 45.6 Å². The Labute approximate surface area is 86.6 Å². The molecule has 1 rings (SSSR count). The normalized spacial score (nSPS) is 30.6. The van der Waals surface area contributed by atoms with Gasteiger partial charge in [-0.1, -0.05) is 13.8 Å². The lowest BCUT2D eigenvalue weighted by atomic mass is 9.75. The van der Waals surface area contributed by atoms with E-state index in [1.54, 1.807) is 0 Å². The van der Waals surface area contributed by atoms with Gasteiger partial charge in [0.25, 0.3) is 0 Å². The zero-order valence-corrected chi connectivity index (χ0v) is 9.28. The standard InChI is InChI=1S/C11H23NO2/c1-8(2)9-3-5-10(6-4-9)11(7-13)14-12/h8-11,13H,3-7,12H2,1-2H3. The highest BCUT2D eigenvalue weighted by Gasteiger charge is 2.28. The van der Waals surface area contributed by atoms with Crippen molar-refractivity contribution in [1.29, 1.82) is 0 Å². The van der Waals surface area contributed by atoms with E-state index < -0.39 is 0 Å². The van der Waals surface area contributed by atoms with Gasteiger partial charge in [-0.15, -0.1) is 0 Å². The van der Waals surface area contributed by atoms with E-state index in [1.165, 1.54) is 12.8 Å². The van der Waals surface area contributed by atoms with Crippen LogP contribution in [0.2, 0.25) is 0 Å². The topological polar surface area (TPSA) is 55.5 Å². The summed E-state index contributed by atoms with van der Waals surface area (Å²) < 4.78 is 0. The average Bonchev–Trinajstić information content (AvgIpc) is 2.20. The van der Waals surface area contributed by atoms with Crippen LogP contribution in [0.1, 0.15) is 39.5 Å². The smallest absolute Gasteiger partial charge is 0.104 e. The minimum Gasteiger partial charge on any atom is -0.394 e. The highest BCUT2D eigenvalue weighted by atomic mass is 16.6. The quantitative estimate of drug-likeness (QED) is 0.681. The van der Waals surface area contributed by atoms with Gasteiger partial charge in [-0.05, 0) is 43.4 Å². The predicted molar refractivity (Wildman–Crippen MR) is 56.4 cm³/mol. The lowest BCUT2D eigenvalue weighted by Gasteiger charge is -2.33. The van der Waals surface area contributed by atoms with Crippen LogP contribution in [-0.4, -0.2) is 17.8 Å². The van der Waals surface area contributed by atoms with Crippen molar-refractivity contribution < 1.29 is 9.94 Å². The molecule has 0 amide bonds. The van der Waals surface area contributed by atoms with E-state index >= 15 is 0 Å². The molecule has 0 radical (unpaired) electrons. The van der Waals surface area contributed by atoms with Crippen LogP contribution >= 0.6 is 0 Å². The molecule has 3 N–H and O–H groups in total. The number of hydrogen-bond donors (Lipinski definition) is 2. The molecule has 0 heterocycles. The lowest BCUT2D eigenvalue weighted by Crippen LogP contribution is -2.33. The molecule has 0 aromatic heterocycles. The predicted octanol–water partition coefficient (Wildman–Crippen LogP) is 1.70. The van der Waals surface area contributed by atoms with Gasteiger partial charge in [0.05, 0.1) is 6.61 Å². The third kappa shape index (κ3) is 2.94. The molecule has 14 heavy (non-hydrogen) atoms. The van der Waals surface area contributed by atoms with Crippen LogP contribution in [0.3, 0.4) is 0 Å². The molecule has 0 saturated heterocycles. The molecular weight excluding hydrogens is 178 g/mol. The number of aliphatic hydroxyl groups is 1. The molecule has 3 heteroatoms. The Morgan fingerprint density at radius 1 is 1.21 bits per heavy atom. The number of rotatable bonds is 4. The Balaban J connectivity index is 2.34. The summed E-state index contributed by atoms with van der Waals surface area (Å²) in [5, 5.41) is 9.05. The van der Waals surface area contributed by atoms with E-state index in [-0.39, 0.29) is 12.7 Å². The van der Waals surface area contributed by atoms with Gasteiger partial charge in [0, 0.05) is 0 Å². The van der Waals surface area contributed by atoms with Gasteiger partial charge in [-0.2, -0.15) is 0 Å². The zero-order valence-electron chi connectivity index (χ0n) is 9.28. The minimum atomic E-state index is -0.150. The molecule has 1 unspecified atom stereocenters. The van der Waals surface area contributed by atoms with Crippen LogP contribution in [0, 0.1) is 17.8 Å². The summed E-state index contributed by atoms with van der Waals surface area (Å²) in [7, 11) is 0. The summed E-state index contributed by atoms with van der Waals surface area (Å²) in [6.45, 7) is 4.62. The van der Waals surface area contributed by atoms with Gasteiger partial charge in [0.1, 0.15) is 6.10 Å². The fourth-order valence-electron chi connectivity index (χ4n) is 2.49. The molecule has 1 aliphatic carbocycles. The zero-order chi connectivity index (χ0) is 10.6. The van der Waals surface area contributed by atoms with E-state index in [1.807, 2.05) is 0 Å². The summed E-state index contributed by atoms with van der Waals surface area (Å²) in [6.07, 6.45) is 4.64. The van der Waals surface area contributed by atoms with Gasteiger partial charge >= 0.3 is 0 Å². The monoisotopic (exact) mass is 201 g/mol. The first-order valence-electron chi connectivity index (χ1n) is 5.65. The van der Waals surface area contributed by atoms with Crippen LogP contribution in [-0.2, 0) is 4.84 Å². The molecule has 84 valence electrons. The summed E-state index contributed by atoms with van der Waals surface area (Å²) in [4.78, 5) is 4.78. The van der Waals surface area contributed by atoms with Gasteiger partial charge in [-0.25, -0.2) is 5.90 Å². The second-order valence-electron chi connectivity index (χ2n) is 4.78. The maximum absolute atomic E-state index is 9.05. The fraction of sp³-hybridized carbons (Fsp3) is 1.00. The summed E-state index contributed by atoms with van der Waals surface area (Å²) in [5.41, 5.74) is 0. The molecule has 1 fully saturated rings. The lowest BCUT2D eigenvalue weighted by molar-refractivity contribution is -0.0395. The van der Waals surface area contributed by atoms with Crippen LogP contribution in [0.4, 0.5) is 0 Å². The summed E-state index contributed by atoms with van der Waals surface area (Å²) in [6, 6.07) is 0. The van der Waals surface area contributed by atoms with Crippen molar-refractivity contribution in [3.05, 3.63) is 0 Å². The average molecular weight is 201 g/mol. The number of hydrogen-bond acceptors (Lipinski definition) is 3. The van der Waals surface area contributed by atoms with Crippen LogP contribution < -0.4 is 5.90 Å². The molecule has 0 spiro atoms. The maximum atomic E-state index is 9.05. The van der Waals surface area contributed by atoms with Gasteiger partial charge in [0.2, 0.25) is 0 Å². The highest BCUT2D eigenvalue weighted by Crippen LogP contribution is 2.35. The maximum Gasteiger partial charge on any atom is 0.104 e. The van der Waals surface area contributed by atoms with Crippen LogP contribution in [0.15, 0.2) is 0 Å². The highest BCUT2D eigenvalue weighted by molar-refractivity contribution is 4.78. The molecule has 3 nitrogen and oxygen atoms in total. The Morgan fingerprint density at radius 3 is 2.07 bits per heavy atom. The largest absolute Gasteiger partial charge is 0.394 e. The third-order valence-electron chi connectivity index (χ3n) is 3.64. The molecular formula is C11H23NO2. The van der Waals surface area contributed by atoms with Gasteiger partial charge in [0.15, 0.2) is 0 Å². The molecule has 0 bridgehead atoms. The van der Waals surface area contributed by atoms with Crippen molar-refractivity contribution >= 4 is 0 Å². The van der Waals surface area contributed by atoms with Crippen molar-refractivity contribution in [3.8, 4) is 0 Å². The second-order valence-corrected chi connectivity index (χ2v) is 4.78. The summed E-state index contributed by atoms with van der Waals surface area (Å²) in [5.74, 6) is 7.24. The molecule has 0 aromatic rings. The van der Waals surface area contributed by atoms with Gasteiger partial charge in [-0.3, -0.25) is 4.84 Å². The van der Waals surface area contributed by atoms with Crippen molar-refractivity contribution in [2.24, 2.45) is 23.7 Å². The van der Waals surface area contributed by atoms with E-state index in [0.717, 1.165) is 24.7 Å². The Morgan fingerprint density at radius 2 is 1.71 bits per heavy atom. The molecule has 1 saturated carbocycles.